The number of hydrogen-bond donors (Lipinski definition) is 2. The molecule has 6 heteroatoms. The van der Waals surface area contributed by atoms with Crippen molar-refractivity contribution in [3.8, 4) is 0 Å². The molecule has 0 fully saturated rings. The first kappa shape index (κ1) is 18.2. The van der Waals surface area contributed by atoms with Gasteiger partial charge in [-0.15, -0.1) is 0 Å². The number of aromatic nitrogens is 2. The van der Waals surface area contributed by atoms with Gasteiger partial charge in [0, 0.05) is 35.6 Å². The topological polar surface area (TPSA) is 59.8 Å². The van der Waals surface area contributed by atoms with Crippen LogP contribution in [0.5, 0.6) is 0 Å². The van der Waals surface area contributed by atoms with Gasteiger partial charge in [-0.3, -0.25) is 0 Å². The Morgan fingerprint density at radius 3 is 1.30 bits per heavy atom. The molecule has 0 aliphatic heterocycles. The lowest BCUT2D eigenvalue weighted by atomic mass is 10.4. The van der Waals surface area contributed by atoms with Crippen molar-refractivity contribution in [3.63, 3.8) is 0 Å². The summed E-state index contributed by atoms with van der Waals surface area (Å²) in [7, 11) is 0. The number of nitrogens with zero attached hydrogens (tertiary/aromatic N) is 2. The molecule has 0 spiro atoms. The Labute approximate surface area is 131 Å². The van der Waals surface area contributed by atoms with Crippen molar-refractivity contribution in [2.24, 2.45) is 0 Å². The van der Waals surface area contributed by atoms with Gasteiger partial charge in [-0.1, -0.05) is 0 Å². The number of allylic oxidation sites excluding steroid dienone is 2. The summed E-state index contributed by atoms with van der Waals surface area (Å²) in [5.74, 6) is 0. The van der Waals surface area contributed by atoms with Crippen molar-refractivity contribution in [2.75, 3.05) is 11.5 Å². The van der Waals surface area contributed by atoms with E-state index in [4.69, 9.17) is 11.5 Å². The van der Waals surface area contributed by atoms with Gasteiger partial charge in [0.25, 0.3) is 0 Å². The highest BCUT2D eigenvalue weighted by Gasteiger charge is 1.97. The molecule has 0 aromatic carbocycles. The normalized spacial score (nSPS) is 9.80. The molecule has 2 aromatic heterocycles. The molecule has 2 rings (SSSR count). The minimum atomic E-state index is 0. The van der Waals surface area contributed by atoms with Gasteiger partial charge >= 0.3 is 0 Å². The number of rotatable bonds is 4. The molecule has 20 heavy (non-hydrogen) atoms. The Morgan fingerprint density at radius 1 is 0.700 bits per heavy atom. The van der Waals surface area contributed by atoms with Crippen LogP contribution in [-0.2, 0) is 13.1 Å². The zero-order valence-electron chi connectivity index (χ0n) is 11.0. The average molecular weight is 313 g/mol. The van der Waals surface area contributed by atoms with Crippen LogP contribution in [-0.4, -0.2) is 0 Å². The summed E-state index contributed by atoms with van der Waals surface area (Å²) in [6.07, 6.45) is 12.1. The van der Waals surface area contributed by atoms with E-state index in [1.54, 1.807) is 0 Å². The maximum Gasteiger partial charge on any atom is 0.171 e. The Bertz CT molecular complexity index is 474. The molecule has 0 amide bonds. The average Bonchev–Trinajstić information content (AvgIpc) is 2.39. The zero-order chi connectivity index (χ0) is 12.8. The summed E-state index contributed by atoms with van der Waals surface area (Å²) >= 11 is 0. The van der Waals surface area contributed by atoms with Gasteiger partial charge in [0.05, 0.1) is 0 Å². The van der Waals surface area contributed by atoms with Crippen LogP contribution >= 0.6 is 0 Å². The number of anilines is 2. The van der Waals surface area contributed by atoms with Crippen LogP contribution in [0.4, 0.5) is 11.4 Å². The summed E-state index contributed by atoms with van der Waals surface area (Å²) in [6.45, 7) is 1.69. The van der Waals surface area contributed by atoms with Crippen LogP contribution in [0, 0.1) is 0 Å². The number of halogens is 2. The first-order valence-corrected chi connectivity index (χ1v) is 5.88. The first-order chi connectivity index (χ1) is 8.74. The lowest BCUT2D eigenvalue weighted by molar-refractivity contribution is -0.691. The van der Waals surface area contributed by atoms with Crippen molar-refractivity contribution in [2.45, 2.75) is 13.1 Å². The van der Waals surface area contributed by atoms with E-state index < -0.39 is 0 Å². The van der Waals surface area contributed by atoms with Gasteiger partial charge in [0.15, 0.2) is 37.9 Å². The molecule has 0 atom stereocenters. The molecule has 0 unspecified atom stereocenters. The molecule has 0 aliphatic rings. The van der Waals surface area contributed by atoms with E-state index in [1.807, 2.05) is 49.1 Å². The predicted octanol–water partition coefficient (Wildman–Crippen LogP) is -5.31. The van der Waals surface area contributed by atoms with E-state index in [9.17, 15) is 0 Å². The van der Waals surface area contributed by atoms with E-state index in [-0.39, 0.29) is 24.8 Å². The minimum Gasteiger partial charge on any atom is -1.00 e. The van der Waals surface area contributed by atoms with Crippen molar-refractivity contribution < 1.29 is 33.9 Å². The van der Waals surface area contributed by atoms with Crippen molar-refractivity contribution >= 4 is 11.4 Å². The highest BCUT2D eigenvalue weighted by Crippen LogP contribution is 1.94. The molecule has 2 aromatic rings. The standard InChI is InChI=1S/C14H16N4.2ClH/c15-13-3-9-17(10-4-13)7-1-2-8-18-11-5-14(16)6-12-18;;/h1-6,9-12,15-16H,7-8H2;2*1H/b2-1+;;. The summed E-state index contributed by atoms with van der Waals surface area (Å²) in [6, 6.07) is 7.57. The fourth-order valence-electron chi connectivity index (χ4n) is 1.57. The molecule has 0 radical (unpaired) electrons. The van der Waals surface area contributed by atoms with E-state index in [1.165, 1.54) is 0 Å². The van der Waals surface area contributed by atoms with E-state index in [0.717, 1.165) is 24.5 Å². The van der Waals surface area contributed by atoms with Crippen LogP contribution in [0.1, 0.15) is 0 Å². The quantitative estimate of drug-likeness (QED) is 0.438. The van der Waals surface area contributed by atoms with E-state index in [2.05, 4.69) is 21.3 Å². The first-order valence-electron chi connectivity index (χ1n) is 5.88. The largest absolute Gasteiger partial charge is 1.00 e. The predicted molar refractivity (Wildman–Crippen MR) is 71.2 cm³/mol. The van der Waals surface area contributed by atoms with E-state index >= 15 is 0 Å². The Kier molecular flexibility index (Phi) is 8.36. The second-order valence-corrected chi connectivity index (χ2v) is 4.13. The lowest BCUT2D eigenvalue weighted by Gasteiger charge is -1.93. The molecule has 0 saturated heterocycles. The zero-order valence-corrected chi connectivity index (χ0v) is 12.5. The van der Waals surface area contributed by atoms with Crippen molar-refractivity contribution in [1.29, 1.82) is 0 Å². The second kappa shape index (κ2) is 9.18. The summed E-state index contributed by atoms with van der Waals surface area (Å²) in [5, 5.41) is 0. The Hall–Kier alpha value is -1.78. The molecule has 2 heterocycles. The molecule has 0 saturated carbocycles. The van der Waals surface area contributed by atoms with Crippen LogP contribution in [0.2, 0.25) is 0 Å². The van der Waals surface area contributed by atoms with Gasteiger partial charge < -0.3 is 36.3 Å². The second-order valence-electron chi connectivity index (χ2n) is 4.13. The highest BCUT2D eigenvalue weighted by molar-refractivity contribution is 5.32. The van der Waals surface area contributed by atoms with E-state index in [0.29, 0.717) is 0 Å². The molecule has 4 N–H and O–H groups in total. The van der Waals surface area contributed by atoms with Gasteiger partial charge in [-0.05, 0) is 12.2 Å². The molecular weight excluding hydrogens is 295 g/mol. The summed E-state index contributed by atoms with van der Waals surface area (Å²) in [4.78, 5) is 0. The Morgan fingerprint density at radius 2 is 1.00 bits per heavy atom. The molecule has 0 aliphatic carbocycles. The third-order valence-electron chi connectivity index (χ3n) is 2.63. The lowest BCUT2D eigenvalue weighted by Crippen LogP contribution is -3.00. The van der Waals surface area contributed by atoms with Crippen molar-refractivity contribution in [1.82, 2.24) is 0 Å². The van der Waals surface area contributed by atoms with Crippen LogP contribution in [0.15, 0.2) is 61.2 Å². The smallest absolute Gasteiger partial charge is 0.171 e. The number of hydrogen-bond acceptors (Lipinski definition) is 2. The molecule has 0 bridgehead atoms. The molecule has 4 nitrogen and oxygen atoms in total. The molecule has 108 valence electrons. The fraction of sp³-hybridized carbons (Fsp3) is 0.143. The maximum absolute atomic E-state index is 5.62. The van der Waals surface area contributed by atoms with Crippen LogP contribution < -0.4 is 45.4 Å². The van der Waals surface area contributed by atoms with Crippen LogP contribution in [0.25, 0.3) is 0 Å². The minimum absolute atomic E-state index is 0. The van der Waals surface area contributed by atoms with Gasteiger partial charge in [0.2, 0.25) is 0 Å². The number of nitrogen functional groups attached to an aromatic ring is 2. The summed E-state index contributed by atoms with van der Waals surface area (Å²) in [5.41, 5.74) is 12.8. The number of pyridine rings is 2. The third-order valence-corrected chi connectivity index (χ3v) is 2.63. The SMILES string of the molecule is Nc1cc[n+](C/C=C/C[n+]2ccc(N)cc2)cc1.[Cl-].[Cl-]. The monoisotopic (exact) mass is 312 g/mol. The van der Waals surface area contributed by atoms with Crippen molar-refractivity contribution in [3.05, 3.63) is 61.2 Å². The van der Waals surface area contributed by atoms with Crippen LogP contribution in [0.3, 0.4) is 0 Å². The Balaban J connectivity index is 0.00000180. The maximum atomic E-state index is 5.62. The van der Waals surface area contributed by atoms with Gasteiger partial charge in [-0.25, -0.2) is 9.13 Å². The molecular formula is C14H18Cl2N4. The highest BCUT2D eigenvalue weighted by atomic mass is 35.5. The summed E-state index contributed by atoms with van der Waals surface area (Å²) < 4.78 is 4.14. The third kappa shape index (κ3) is 5.91. The fourth-order valence-corrected chi connectivity index (χ4v) is 1.57. The number of nitrogens with two attached hydrogens (primary N) is 2. The van der Waals surface area contributed by atoms with Gasteiger partial charge in [0.1, 0.15) is 0 Å². The van der Waals surface area contributed by atoms with Gasteiger partial charge in [-0.2, -0.15) is 0 Å².